The van der Waals surface area contributed by atoms with Crippen molar-refractivity contribution >= 4 is 17.7 Å². The fraction of sp³-hybridized carbons (Fsp3) is 0.462. The molecule has 0 fully saturated rings. The van der Waals surface area contributed by atoms with E-state index in [1.165, 1.54) is 4.53 Å². The Bertz CT molecular complexity index is 343. The van der Waals surface area contributed by atoms with Gasteiger partial charge in [0.05, 0.1) is 0 Å². The summed E-state index contributed by atoms with van der Waals surface area (Å²) in [4.78, 5) is 11.7. The first-order valence-corrected chi connectivity index (χ1v) is 6.21. The molecule has 0 heterocycles. The number of halogens is 1. The standard InChI is InChI=1S/C13H18ClN2O/c1-3-7-11(2)10-16(14)15-13(17)12-8-5-4-6-9-12/h4-6,8-9,11H,3,7,10H2,1-2H3. The van der Waals surface area contributed by atoms with E-state index in [0.29, 0.717) is 18.0 Å². The molecule has 93 valence electrons. The Hall–Kier alpha value is -1.06. The first kappa shape index (κ1) is 14.0. The van der Waals surface area contributed by atoms with E-state index >= 15 is 0 Å². The monoisotopic (exact) mass is 253 g/mol. The Kier molecular flexibility index (Phi) is 6.01. The average molecular weight is 254 g/mol. The van der Waals surface area contributed by atoms with Gasteiger partial charge in [-0.3, -0.25) is 4.79 Å². The fourth-order valence-corrected chi connectivity index (χ4v) is 1.92. The SMILES string of the molecule is CCCC(C)CN(Cl)[N]C(=O)c1ccccc1. The highest BCUT2D eigenvalue weighted by Crippen LogP contribution is 2.09. The summed E-state index contributed by atoms with van der Waals surface area (Å²) in [5, 5.41) is 0. The summed E-state index contributed by atoms with van der Waals surface area (Å²) in [5.41, 5.74) is 4.39. The van der Waals surface area contributed by atoms with E-state index in [9.17, 15) is 4.79 Å². The van der Waals surface area contributed by atoms with Gasteiger partial charge in [0.1, 0.15) is 0 Å². The van der Waals surface area contributed by atoms with Crippen molar-refractivity contribution in [2.75, 3.05) is 6.54 Å². The van der Waals surface area contributed by atoms with Crippen LogP contribution in [0.3, 0.4) is 0 Å². The van der Waals surface area contributed by atoms with E-state index in [4.69, 9.17) is 11.8 Å². The molecule has 3 nitrogen and oxygen atoms in total. The third kappa shape index (κ3) is 5.20. The van der Waals surface area contributed by atoms with E-state index in [1.54, 1.807) is 24.3 Å². The van der Waals surface area contributed by atoms with Gasteiger partial charge in [-0.25, -0.2) is 0 Å². The van der Waals surface area contributed by atoms with E-state index in [1.807, 2.05) is 6.07 Å². The van der Waals surface area contributed by atoms with Gasteiger partial charge in [-0.15, -0.1) is 9.95 Å². The number of carbonyl (C=O) groups is 1. The van der Waals surface area contributed by atoms with Crippen molar-refractivity contribution in [2.45, 2.75) is 26.7 Å². The lowest BCUT2D eigenvalue weighted by atomic mass is 10.1. The van der Waals surface area contributed by atoms with Crippen molar-refractivity contribution in [3.63, 3.8) is 0 Å². The fourth-order valence-electron chi connectivity index (χ4n) is 1.62. The Morgan fingerprint density at radius 1 is 1.41 bits per heavy atom. The number of hydrogen-bond acceptors (Lipinski definition) is 2. The molecule has 1 amide bonds. The number of hydrogen-bond donors (Lipinski definition) is 0. The second kappa shape index (κ2) is 7.30. The predicted molar refractivity (Wildman–Crippen MR) is 69.5 cm³/mol. The number of carbonyl (C=O) groups excluding carboxylic acids is 1. The zero-order valence-electron chi connectivity index (χ0n) is 10.3. The van der Waals surface area contributed by atoms with Gasteiger partial charge in [-0.1, -0.05) is 38.5 Å². The van der Waals surface area contributed by atoms with Crippen LogP contribution in [0.2, 0.25) is 0 Å². The first-order chi connectivity index (χ1) is 8.13. The van der Waals surface area contributed by atoms with Gasteiger partial charge in [0.25, 0.3) is 5.91 Å². The van der Waals surface area contributed by atoms with E-state index in [2.05, 4.69) is 19.3 Å². The Morgan fingerprint density at radius 2 is 2.06 bits per heavy atom. The molecule has 0 aliphatic rings. The molecule has 1 unspecified atom stereocenters. The van der Waals surface area contributed by atoms with Crippen LogP contribution in [0.15, 0.2) is 30.3 Å². The van der Waals surface area contributed by atoms with Gasteiger partial charge in [0.2, 0.25) is 0 Å². The van der Waals surface area contributed by atoms with Gasteiger partial charge in [0, 0.05) is 23.9 Å². The van der Waals surface area contributed by atoms with Gasteiger partial charge >= 0.3 is 0 Å². The van der Waals surface area contributed by atoms with Crippen LogP contribution >= 0.6 is 11.8 Å². The maximum Gasteiger partial charge on any atom is 0.290 e. The smallest absolute Gasteiger partial charge is 0.266 e. The van der Waals surface area contributed by atoms with Crippen LogP contribution in [-0.4, -0.2) is 17.0 Å². The highest BCUT2D eigenvalue weighted by atomic mass is 35.5. The molecule has 0 aromatic heterocycles. The molecule has 0 saturated heterocycles. The lowest BCUT2D eigenvalue weighted by Gasteiger charge is -2.16. The molecule has 1 aromatic rings. The third-order valence-corrected chi connectivity index (χ3v) is 2.68. The molecule has 0 spiro atoms. The quantitative estimate of drug-likeness (QED) is 0.576. The molecule has 0 bridgehead atoms. The van der Waals surface area contributed by atoms with Crippen LogP contribution in [0.25, 0.3) is 0 Å². The van der Waals surface area contributed by atoms with Crippen molar-refractivity contribution in [1.82, 2.24) is 9.95 Å². The minimum Gasteiger partial charge on any atom is -0.266 e. The zero-order valence-corrected chi connectivity index (χ0v) is 11.0. The molecular weight excluding hydrogens is 236 g/mol. The van der Waals surface area contributed by atoms with Crippen molar-refractivity contribution in [3.8, 4) is 0 Å². The Labute approximate surface area is 108 Å². The second-order valence-corrected chi connectivity index (χ2v) is 4.57. The lowest BCUT2D eigenvalue weighted by Crippen LogP contribution is -2.31. The summed E-state index contributed by atoms with van der Waals surface area (Å²) in [6.45, 7) is 4.82. The highest BCUT2D eigenvalue weighted by Gasteiger charge is 2.14. The largest absolute Gasteiger partial charge is 0.290 e. The van der Waals surface area contributed by atoms with E-state index < -0.39 is 0 Å². The van der Waals surface area contributed by atoms with Gasteiger partial charge in [0.15, 0.2) is 0 Å². The topological polar surface area (TPSA) is 34.4 Å². The van der Waals surface area contributed by atoms with E-state index in [-0.39, 0.29) is 5.91 Å². The first-order valence-electron chi connectivity index (χ1n) is 5.87. The minimum absolute atomic E-state index is 0.302. The predicted octanol–water partition coefficient (Wildman–Crippen LogP) is 3.24. The summed E-state index contributed by atoms with van der Waals surface area (Å²) in [6, 6.07) is 8.93. The normalized spacial score (nSPS) is 12.5. The van der Waals surface area contributed by atoms with Crippen molar-refractivity contribution in [3.05, 3.63) is 35.9 Å². The van der Waals surface area contributed by atoms with Gasteiger partial charge < -0.3 is 0 Å². The molecule has 1 rings (SSSR count). The number of benzene rings is 1. The molecule has 0 N–H and O–H groups in total. The minimum atomic E-state index is -0.302. The van der Waals surface area contributed by atoms with Crippen molar-refractivity contribution in [1.29, 1.82) is 0 Å². The summed E-state index contributed by atoms with van der Waals surface area (Å²) in [5.74, 6) is 0.133. The Balaban J connectivity index is 2.41. The highest BCUT2D eigenvalue weighted by molar-refractivity contribution is 6.14. The summed E-state index contributed by atoms with van der Waals surface area (Å²) < 4.78 is 1.22. The molecule has 0 saturated carbocycles. The van der Waals surface area contributed by atoms with Crippen molar-refractivity contribution < 1.29 is 4.79 Å². The molecule has 1 radical (unpaired) electrons. The average Bonchev–Trinajstić information content (AvgIpc) is 2.30. The maximum absolute atomic E-state index is 11.7. The van der Waals surface area contributed by atoms with Gasteiger partial charge in [-0.05, 0) is 24.5 Å². The van der Waals surface area contributed by atoms with Crippen LogP contribution in [0.4, 0.5) is 0 Å². The molecule has 1 aromatic carbocycles. The molecule has 0 aliphatic heterocycles. The van der Waals surface area contributed by atoms with Crippen LogP contribution in [0.1, 0.15) is 37.0 Å². The number of nitrogens with zero attached hydrogens (tertiary/aromatic N) is 2. The van der Waals surface area contributed by atoms with E-state index in [0.717, 1.165) is 12.8 Å². The zero-order chi connectivity index (χ0) is 12.7. The van der Waals surface area contributed by atoms with Crippen LogP contribution < -0.4 is 5.43 Å². The Morgan fingerprint density at radius 3 is 2.65 bits per heavy atom. The number of rotatable bonds is 6. The third-order valence-electron chi connectivity index (χ3n) is 2.46. The second-order valence-electron chi connectivity index (χ2n) is 4.18. The van der Waals surface area contributed by atoms with Crippen LogP contribution in [0.5, 0.6) is 0 Å². The molecule has 17 heavy (non-hydrogen) atoms. The lowest BCUT2D eigenvalue weighted by molar-refractivity contribution is 0.0862. The van der Waals surface area contributed by atoms with Crippen LogP contribution in [0, 0.1) is 5.92 Å². The maximum atomic E-state index is 11.7. The summed E-state index contributed by atoms with van der Waals surface area (Å²) >= 11 is 5.90. The summed E-state index contributed by atoms with van der Waals surface area (Å²) in [7, 11) is 0. The molecule has 1 atom stereocenters. The summed E-state index contributed by atoms with van der Waals surface area (Å²) in [6.07, 6.45) is 2.19. The van der Waals surface area contributed by atoms with Crippen molar-refractivity contribution in [2.24, 2.45) is 5.92 Å². The molecular formula is C13H18ClN2O. The number of amides is 1. The molecule has 4 heteroatoms. The van der Waals surface area contributed by atoms with Gasteiger partial charge in [-0.2, -0.15) is 0 Å². The van der Waals surface area contributed by atoms with Crippen LogP contribution in [-0.2, 0) is 0 Å². The molecule has 0 aliphatic carbocycles.